The lowest BCUT2D eigenvalue weighted by Crippen LogP contribution is -2.16. The Morgan fingerprint density at radius 1 is 1.60 bits per heavy atom. The molecule has 1 aromatic rings. The van der Waals surface area contributed by atoms with Crippen molar-refractivity contribution in [2.24, 2.45) is 0 Å². The minimum absolute atomic E-state index is 0.0702. The maximum atomic E-state index is 11.4. The molecular weight excluding hydrogens is 330 g/mol. The van der Waals surface area contributed by atoms with Crippen LogP contribution in [0, 0.1) is 10.1 Å². The van der Waals surface area contributed by atoms with Crippen molar-refractivity contribution in [1.29, 1.82) is 0 Å². The van der Waals surface area contributed by atoms with Crippen LogP contribution in [0.5, 0.6) is 0 Å². The fourth-order valence-electron chi connectivity index (χ4n) is 1.41. The third-order valence-corrected chi connectivity index (χ3v) is 2.77. The Morgan fingerprint density at radius 3 is 2.85 bits per heavy atom. The van der Waals surface area contributed by atoms with Gasteiger partial charge in [0, 0.05) is 10.7 Å². The molecule has 1 rings (SSSR count). The number of carbonyl (C=O) groups excluding carboxylic acids is 1. The van der Waals surface area contributed by atoms with Crippen LogP contribution in [0.25, 0.3) is 0 Å². The molecule has 20 heavy (non-hydrogen) atoms. The Balaban J connectivity index is 2.98. The van der Waals surface area contributed by atoms with Gasteiger partial charge in [-0.3, -0.25) is 10.1 Å². The predicted molar refractivity (Wildman–Crippen MR) is 76.6 cm³/mol. The number of aryl methyl sites for hydroxylation is 1. The summed E-state index contributed by atoms with van der Waals surface area (Å²) in [5, 5.41) is 13.5. The predicted octanol–water partition coefficient (Wildman–Crippen LogP) is 2.50. The number of nitro groups is 1. The van der Waals surface area contributed by atoms with Crippen LogP contribution in [-0.2, 0) is 16.0 Å². The summed E-state index contributed by atoms with van der Waals surface area (Å²) in [6.45, 7) is 3.58. The fraction of sp³-hybridized carbons (Fsp3) is 0.333. The van der Waals surface area contributed by atoms with Crippen LogP contribution in [0.3, 0.4) is 0 Å². The summed E-state index contributed by atoms with van der Waals surface area (Å²) in [6.07, 6.45) is 3.24. The Labute approximate surface area is 124 Å². The number of rotatable bonds is 6. The summed E-state index contributed by atoms with van der Waals surface area (Å²) in [5.74, 6) is -0.528. The molecule has 0 fully saturated rings. The number of anilines is 1. The van der Waals surface area contributed by atoms with E-state index in [1.165, 1.54) is 0 Å². The summed E-state index contributed by atoms with van der Waals surface area (Å²) >= 11 is 3.30. The van der Waals surface area contributed by atoms with Gasteiger partial charge in [0.2, 0.25) is 0 Å². The second-order valence-electron chi connectivity index (χ2n) is 3.67. The maximum absolute atomic E-state index is 11.4. The molecular formula is C12H14BrN3O4. The zero-order chi connectivity index (χ0) is 15.1. The monoisotopic (exact) mass is 343 g/mol. The van der Waals surface area contributed by atoms with Crippen molar-refractivity contribution < 1.29 is 14.5 Å². The second kappa shape index (κ2) is 7.59. The van der Waals surface area contributed by atoms with Crippen molar-refractivity contribution in [2.75, 3.05) is 11.9 Å². The quantitative estimate of drug-likeness (QED) is 0.369. The highest BCUT2D eigenvalue weighted by Gasteiger charge is 2.23. The molecule has 0 saturated heterocycles. The van der Waals surface area contributed by atoms with E-state index in [1.807, 2.05) is 13.0 Å². The fourth-order valence-corrected chi connectivity index (χ4v) is 1.79. The normalized spacial score (nSPS) is 11.1. The highest BCUT2D eigenvalue weighted by Crippen LogP contribution is 2.18. The summed E-state index contributed by atoms with van der Waals surface area (Å²) in [4.78, 5) is 25.5. The van der Waals surface area contributed by atoms with Gasteiger partial charge in [-0.05, 0) is 40.9 Å². The maximum Gasteiger partial charge on any atom is 0.411 e. The van der Waals surface area contributed by atoms with E-state index in [0.717, 1.165) is 16.2 Å². The molecule has 0 atom stereocenters. The molecule has 1 heterocycles. The SMILES string of the molecule is CCOC(=O)/C(=C/Nc1ncc(Br)cc1CC)[N+](=O)[O-]. The van der Waals surface area contributed by atoms with E-state index in [4.69, 9.17) is 0 Å². The molecule has 0 aliphatic heterocycles. The number of esters is 1. The second-order valence-corrected chi connectivity index (χ2v) is 4.58. The zero-order valence-electron chi connectivity index (χ0n) is 11.1. The molecule has 0 saturated carbocycles. The number of nitrogens with zero attached hydrogens (tertiary/aromatic N) is 2. The first kappa shape index (κ1) is 16.1. The number of carbonyl (C=O) groups is 1. The highest BCUT2D eigenvalue weighted by atomic mass is 79.9. The standard InChI is InChI=1S/C12H14BrN3O4/c1-3-8-5-9(13)6-14-11(8)15-7-10(16(18)19)12(17)20-4-2/h5-7H,3-4H2,1-2H3,(H,14,15)/b10-7-. The van der Waals surface area contributed by atoms with Crippen LogP contribution < -0.4 is 5.32 Å². The van der Waals surface area contributed by atoms with Gasteiger partial charge < -0.3 is 10.1 Å². The molecule has 0 unspecified atom stereocenters. The van der Waals surface area contributed by atoms with Gasteiger partial charge in [-0.1, -0.05) is 6.92 Å². The van der Waals surface area contributed by atoms with Crippen molar-refractivity contribution in [1.82, 2.24) is 4.98 Å². The van der Waals surface area contributed by atoms with Crippen molar-refractivity contribution in [3.63, 3.8) is 0 Å². The number of nitrogens with one attached hydrogen (secondary N) is 1. The molecule has 1 N–H and O–H groups in total. The molecule has 0 spiro atoms. The first-order valence-corrected chi connectivity index (χ1v) is 6.71. The lowest BCUT2D eigenvalue weighted by atomic mass is 10.2. The van der Waals surface area contributed by atoms with Crippen molar-refractivity contribution in [3.05, 3.63) is 44.3 Å². The largest absolute Gasteiger partial charge is 0.458 e. The number of hydrogen-bond donors (Lipinski definition) is 1. The molecule has 1 aromatic heterocycles. The average molecular weight is 344 g/mol. The Bertz CT molecular complexity index is 546. The van der Waals surface area contributed by atoms with E-state index in [1.54, 1.807) is 13.1 Å². The molecule has 8 heteroatoms. The van der Waals surface area contributed by atoms with E-state index < -0.39 is 16.6 Å². The van der Waals surface area contributed by atoms with Gasteiger partial charge in [-0.25, -0.2) is 9.78 Å². The topological polar surface area (TPSA) is 94.4 Å². The van der Waals surface area contributed by atoms with Gasteiger partial charge in [0.05, 0.1) is 17.7 Å². The van der Waals surface area contributed by atoms with Crippen LogP contribution in [0.1, 0.15) is 19.4 Å². The molecule has 0 aromatic carbocycles. The van der Waals surface area contributed by atoms with Crippen LogP contribution >= 0.6 is 15.9 Å². The third kappa shape index (κ3) is 4.30. The number of halogens is 1. The lowest BCUT2D eigenvalue weighted by molar-refractivity contribution is -0.421. The molecule has 7 nitrogen and oxygen atoms in total. The summed E-state index contributed by atoms with van der Waals surface area (Å²) in [5.41, 5.74) is 0.195. The van der Waals surface area contributed by atoms with Crippen LogP contribution in [-0.4, -0.2) is 22.5 Å². The molecule has 0 aliphatic rings. The number of aromatic nitrogens is 1. The van der Waals surface area contributed by atoms with Gasteiger partial charge >= 0.3 is 11.7 Å². The molecule has 108 valence electrons. The first-order valence-electron chi connectivity index (χ1n) is 5.92. The molecule has 0 aliphatic carbocycles. The number of hydrogen-bond acceptors (Lipinski definition) is 6. The lowest BCUT2D eigenvalue weighted by Gasteiger charge is -2.06. The number of ether oxygens (including phenoxy) is 1. The van der Waals surface area contributed by atoms with Crippen LogP contribution in [0.4, 0.5) is 5.82 Å². The summed E-state index contributed by atoms with van der Waals surface area (Å²) in [7, 11) is 0. The molecule has 0 amide bonds. The van der Waals surface area contributed by atoms with E-state index in [0.29, 0.717) is 12.2 Å². The number of pyridine rings is 1. The minimum Gasteiger partial charge on any atom is -0.458 e. The Kier molecular flexibility index (Phi) is 6.10. The van der Waals surface area contributed by atoms with Gasteiger partial charge in [0.15, 0.2) is 0 Å². The van der Waals surface area contributed by atoms with Gasteiger partial charge in [0.1, 0.15) is 5.82 Å². The third-order valence-electron chi connectivity index (χ3n) is 2.34. The first-order chi connectivity index (χ1) is 9.49. The van der Waals surface area contributed by atoms with Crippen molar-refractivity contribution >= 4 is 27.7 Å². The Hall–Kier alpha value is -1.96. The van der Waals surface area contributed by atoms with E-state index in [-0.39, 0.29) is 6.61 Å². The van der Waals surface area contributed by atoms with Crippen molar-refractivity contribution in [2.45, 2.75) is 20.3 Å². The minimum atomic E-state index is -0.986. The van der Waals surface area contributed by atoms with Crippen LogP contribution in [0.2, 0.25) is 0 Å². The van der Waals surface area contributed by atoms with E-state index in [2.05, 4.69) is 31.0 Å². The van der Waals surface area contributed by atoms with Gasteiger partial charge in [0.25, 0.3) is 0 Å². The Morgan fingerprint density at radius 2 is 2.30 bits per heavy atom. The molecule has 0 radical (unpaired) electrons. The van der Waals surface area contributed by atoms with Gasteiger partial charge in [-0.2, -0.15) is 0 Å². The van der Waals surface area contributed by atoms with Gasteiger partial charge in [-0.15, -0.1) is 0 Å². The van der Waals surface area contributed by atoms with Crippen molar-refractivity contribution in [3.8, 4) is 0 Å². The van der Waals surface area contributed by atoms with E-state index in [9.17, 15) is 14.9 Å². The zero-order valence-corrected chi connectivity index (χ0v) is 12.6. The van der Waals surface area contributed by atoms with Crippen LogP contribution in [0.15, 0.2) is 28.6 Å². The molecule has 0 bridgehead atoms. The average Bonchev–Trinajstić information content (AvgIpc) is 2.40. The summed E-state index contributed by atoms with van der Waals surface area (Å²) < 4.78 is 5.42. The summed E-state index contributed by atoms with van der Waals surface area (Å²) in [6, 6.07) is 1.85. The van der Waals surface area contributed by atoms with E-state index >= 15 is 0 Å². The highest BCUT2D eigenvalue weighted by molar-refractivity contribution is 9.10. The smallest absolute Gasteiger partial charge is 0.411 e.